The average molecular weight is 341 g/mol. The molecule has 2 N–H and O–H groups in total. The van der Waals surface area contributed by atoms with Crippen LogP contribution in [0, 0.1) is 0 Å². The number of carbonyl (C=O) groups is 1. The van der Waals surface area contributed by atoms with Crippen molar-refractivity contribution < 1.29 is 17.9 Å². The number of likely N-dealkylation sites (tertiary alicyclic amines) is 1. The fourth-order valence-electron chi connectivity index (χ4n) is 2.46. The van der Waals surface area contributed by atoms with Gasteiger partial charge in [-0.05, 0) is 44.0 Å². The molecule has 1 atom stereocenters. The Kier molecular flexibility index (Phi) is 5.97. The predicted octanol–water partition coefficient (Wildman–Crippen LogP) is 1.63. The summed E-state index contributed by atoms with van der Waals surface area (Å²) in [5, 5.41) is 2.78. The quantitative estimate of drug-likeness (QED) is 0.823. The highest BCUT2D eigenvalue weighted by Gasteiger charge is 2.19. The highest BCUT2D eigenvalue weighted by atomic mass is 32.2. The Morgan fingerprint density at radius 1 is 1.26 bits per heavy atom. The highest BCUT2D eigenvalue weighted by Crippen LogP contribution is 2.16. The first-order valence-electron chi connectivity index (χ1n) is 7.59. The van der Waals surface area contributed by atoms with E-state index in [1.54, 1.807) is 24.0 Å². The number of hydrogen-bond acceptors (Lipinski definition) is 4. The van der Waals surface area contributed by atoms with E-state index in [1.807, 2.05) is 0 Å². The maximum atomic E-state index is 12.2. The molecular weight excluding hydrogens is 318 g/mol. The molecule has 0 saturated carbocycles. The predicted molar refractivity (Wildman–Crippen MR) is 87.9 cm³/mol. The Morgan fingerprint density at radius 2 is 1.87 bits per heavy atom. The van der Waals surface area contributed by atoms with Crippen molar-refractivity contribution in [3.63, 3.8) is 0 Å². The smallest absolute Gasteiger partial charge is 0.321 e. The fourth-order valence-corrected chi connectivity index (χ4v) is 3.69. The van der Waals surface area contributed by atoms with Gasteiger partial charge in [-0.3, -0.25) is 0 Å². The second kappa shape index (κ2) is 7.76. The van der Waals surface area contributed by atoms with Gasteiger partial charge in [0.2, 0.25) is 10.0 Å². The summed E-state index contributed by atoms with van der Waals surface area (Å²) < 4.78 is 31.8. The monoisotopic (exact) mass is 341 g/mol. The summed E-state index contributed by atoms with van der Waals surface area (Å²) in [5.41, 5.74) is 0.575. The second-order valence-electron chi connectivity index (χ2n) is 5.63. The lowest BCUT2D eigenvalue weighted by Crippen LogP contribution is -2.35. The Labute approximate surface area is 137 Å². The maximum absolute atomic E-state index is 12.2. The van der Waals surface area contributed by atoms with Crippen LogP contribution >= 0.6 is 0 Å². The Bertz CT molecular complexity index is 625. The van der Waals surface area contributed by atoms with Crippen LogP contribution in [0.1, 0.15) is 19.8 Å². The zero-order valence-electron chi connectivity index (χ0n) is 13.4. The van der Waals surface area contributed by atoms with Crippen LogP contribution in [0.25, 0.3) is 0 Å². The number of nitrogens with zero attached hydrogens (tertiary/aromatic N) is 1. The maximum Gasteiger partial charge on any atom is 0.321 e. The summed E-state index contributed by atoms with van der Waals surface area (Å²) in [7, 11) is -2.08. The van der Waals surface area contributed by atoms with E-state index in [0.29, 0.717) is 12.3 Å². The molecule has 0 aromatic heterocycles. The van der Waals surface area contributed by atoms with Gasteiger partial charge < -0.3 is 15.0 Å². The van der Waals surface area contributed by atoms with E-state index in [-0.39, 0.29) is 17.0 Å². The largest absolute Gasteiger partial charge is 0.383 e. The van der Waals surface area contributed by atoms with Crippen molar-refractivity contribution in [2.24, 2.45) is 0 Å². The first-order valence-corrected chi connectivity index (χ1v) is 9.08. The van der Waals surface area contributed by atoms with E-state index in [2.05, 4.69) is 10.0 Å². The Hall–Kier alpha value is -1.64. The van der Waals surface area contributed by atoms with Gasteiger partial charge in [0.25, 0.3) is 0 Å². The molecule has 23 heavy (non-hydrogen) atoms. The number of carbonyl (C=O) groups excluding carboxylic acids is 1. The summed E-state index contributed by atoms with van der Waals surface area (Å²) in [5.74, 6) is 0. The van der Waals surface area contributed by atoms with Crippen molar-refractivity contribution in [1.82, 2.24) is 9.62 Å². The van der Waals surface area contributed by atoms with Crippen LogP contribution in [0.2, 0.25) is 0 Å². The Morgan fingerprint density at radius 3 is 2.43 bits per heavy atom. The van der Waals surface area contributed by atoms with E-state index >= 15 is 0 Å². The van der Waals surface area contributed by atoms with Crippen LogP contribution in [-0.2, 0) is 14.8 Å². The van der Waals surface area contributed by atoms with Crippen LogP contribution in [0.15, 0.2) is 29.2 Å². The van der Waals surface area contributed by atoms with Gasteiger partial charge in [0.1, 0.15) is 0 Å². The number of amides is 2. The van der Waals surface area contributed by atoms with Gasteiger partial charge in [-0.1, -0.05) is 0 Å². The van der Waals surface area contributed by atoms with Crippen LogP contribution in [0.5, 0.6) is 0 Å². The molecule has 1 heterocycles. The molecule has 0 bridgehead atoms. The van der Waals surface area contributed by atoms with Crippen LogP contribution in [0.3, 0.4) is 0 Å². The number of methoxy groups -OCH3 is 1. The first kappa shape index (κ1) is 17.7. The third kappa shape index (κ3) is 4.92. The molecule has 1 aromatic carbocycles. The molecule has 0 spiro atoms. The van der Waals surface area contributed by atoms with E-state index in [0.717, 1.165) is 25.9 Å². The molecule has 7 nitrogen and oxygen atoms in total. The number of anilines is 1. The molecule has 2 rings (SSSR count). The summed E-state index contributed by atoms with van der Waals surface area (Å²) in [4.78, 5) is 13.9. The zero-order chi connectivity index (χ0) is 16.9. The van der Waals surface area contributed by atoms with Crippen molar-refractivity contribution in [3.05, 3.63) is 24.3 Å². The number of hydrogen-bond donors (Lipinski definition) is 2. The number of sulfonamides is 1. The molecule has 1 saturated heterocycles. The van der Waals surface area contributed by atoms with Crippen LogP contribution in [-0.4, -0.2) is 52.2 Å². The van der Waals surface area contributed by atoms with Gasteiger partial charge in [-0.2, -0.15) is 0 Å². The molecule has 2 amide bonds. The first-order chi connectivity index (χ1) is 10.9. The molecule has 0 aliphatic carbocycles. The van der Waals surface area contributed by atoms with Gasteiger partial charge in [0, 0.05) is 31.9 Å². The molecule has 8 heteroatoms. The topological polar surface area (TPSA) is 87.7 Å². The van der Waals surface area contributed by atoms with Crippen molar-refractivity contribution in [3.8, 4) is 0 Å². The van der Waals surface area contributed by atoms with Gasteiger partial charge in [0.15, 0.2) is 0 Å². The second-order valence-corrected chi connectivity index (χ2v) is 7.34. The lowest BCUT2D eigenvalue weighted by atomic mass is 10.3. The minimum Gasteiger partial charge on any atom is -0.383 e. The van der Waals surface area contributed by atoms with Crippen LogP contribution in [0.4, 0.5) is 10.5 Å². The third-order valence-corrected chi connectivity index (χ3v) is 5.19. The van der Waals surface area contributed by atoms with Gasteiger partial charge >= 0.3 is 6.03 Å². The fraction of sp³-hybridized carbons (Fsp3) is 0.533. The van der Waals surface area contributed by atoms with Gasteiger partial charge in [-0.25, -0.2) is 17.9 Å². The molecule has 1 fully saturated rings. The molecule has 128 valence electrons. The molecule has 0 unspecified atom stereocenters. The number of rotatable bonds is 6. The molecule has 1 aliphatic heterocycles. The number of urea groups is 1. The van der Waals surface area contributed by atoms with Gasteiger partial charge in [0.05, 0.1) is 11.5 Å². The normalized spacial score (nSPS) is 16.3. The van der Waals surface area contributed by atoms with E-state index in [4.69, 9.17) is 4.74 Å². The van der Waals surface area contributed by atoms with E-state index in [9.17, 15) is 13.2 Å². The minimum absolute atomic E-state index is 0.148. The average Bonchev–Trinajstić information content (AvgIpc) is 3.01. The standard InChI is InChI=1S/C15H23N3O4S/c1-12(11-22-2)17-23(20,21)14-7-5-13(6-8-14)16-15(19)18-9-3-4-10-18/h5-8,12,17H,3-4,9-11H2,1-2H3,(H,16,19)/t12-/m1/s1. The lowest BCUT2D eigenvalue weighted by Gasteiger charge is -2.16. The van der Waals surface area contributed by atoms with Gasteiger partial charge in [-0.15, -0.1) is 0 Å². The van der Waals surface area contributed by atoms with E-state index in [1.165, 1.54) is 19.2 Å². The minimum atomic E-state index is -3.60. The summed E-state index contributed by atoms with van der Waals surface area (Å²) in [6.45, 7) is 3.55. The summed E-state index contributed by atoms with van der Waals surface area (Å²) >= 11 is 0. The molecular formula is C15H23N3O4S. The highest BCUT2D eigenvalue weighted by molar-refractivity contribution is 7.89. The third-order valence-electron chi connectivity index (χ3n) is 3.58. The number of ether oxygens (including phenoxy) is 1. The number of nitrogens with one attached hydrogen (secondary N) is 2. The van der Waals surface area contributed by atoms with Crippen molar-refractivity contribution in [2.45, 2.75) is 30.7 Å². The zero-order valence-corrected chi connectivity index (χ0v) is 14.2. The molecule has 0 radical (unpaired) electrons. The lowest BCUT2D eigenvalue weighted by molar-refractivity contribution is 0.180. The van der Waals surface area contributed by atoms with Crippen molar-refractivity contribution >= 4 is 21.7 Å². The Balaban J connectivity index is 1.99. The summed E-state index contributed by atoms with van der Waals surface area (Å²) in [6.07, 6.45) is 2.05. The van der Waals surface area contributed by atoms with Crippen molar-refractivity contribution in [1.29, 1.82) is 0 Å². The number of benzene rings is 1. The molecule has 1 aromatic rings. The van der Waals surface area contributed by atoms with Crippen molar-refractivity contribution in [2.75, 3.05) is 32.1 Å². The van der Waals surface area contributed by atoms with E-state index < -0.39 is 10.0 Å². The SMILES string of the molecule is COC[C@@H](C)NS(=O)(=O)c1ccc(NC(=O)N2CCCC2)cc1. The molecule has 1 aliphatic rings. The van der Waals surface area contributed by atoms with Crippen LogP contribution < -0.4 is 10.0 Å². The summed E-state index contributed by atoms with van der Waals surface area (Å²) in [6, 6.07) is 5.65.